The van der Waals surface area contributed by atoms with Gasteiger partial charge in [-0.2, -0.15) is 0 Å². The van der Waals surface area contributed by atoms with Crippen molar-refractivity contribution in [3.63, 3.8) is 0 Å². The minimum Gasteiger partial charge on any atom is -0.357 e. The average Bonchev–Trinajstić information content (AvgIpc) is 3.14. The Morgan fingerprint density at radius 2 is 1.83 bits per heavy atom. The number of benzene rings is 2. The molecule has 0 amide bonds. The highest BCUT2D eigenvalue weighted by Crippen LogP contribution is 2.37. The highest BCUT2D eigenvalue weighted by atomic mass is 15.0. The van der Waals surface area contributed by atoms with Crippen molar-refractivity contribution in [3.8, 4) is 11.1 Å². The van der Waals surface area contributed by atoms with Gasteiger partial charge in [0.05, 0.1) is 0 Å². The summed E-state index contributed by atoms with van der Waals surface area (Å²) < 4.78 is 0. The van der Waals surface area contributed by atoms with Gasteiger partial charge >= 0.3 is 0 Å². The number of hydrogen-bond donors (Lipinski definition) is 2. The highest BCUT2D eigenvalue weighted by Gasteiger charge is 2.25. The Kier molecular flexibility index (Phi) is 4.64. The molecular weight excluding hydrogens is 356 g/mol. The smallest absolute Gasteiger partial charge is 0.125 e. The third-order valence-electron chi connectivity index (χ3n) is 6.07. The van der Waals surface area contributed by atoms with E-state index >= 15 is 0 Å². The van der Waals surface area contributed by atoms with Crippen molar-refractivity contribution in [1.29, 1.82) is 0 Å². The standard InChI is InChI=1S/C25H26N4/c1-16(18-7-4-3-5-8-18)28-24-10-6-9-21-22-13-19(11-12-23(22)29-25(21)24)20-14-26-17(2)27-15-20/h3-5,7-8,11-16,24,28-29H,6,9-10H2,1-2H3/t16-,24?/m0/s1. The van der Waals surface area contributed by atoms with E-state index in [1.807, 2.05) is 19.3 Å². The molecule has 2 aromatic carbocycles. The van der Waals surface area contributed by atoms with Crippen molar-refractivity contribution in [2.24, 2.45) is 0 Å². The zero-order chi connectivity index (χ0) is 19.8. The van der Waals surface area contributed by atoms with Crippen LogP contribution < -0.4 is 5.32 Å². The van der Waals surface area contributed by atoms with E-state index in [0.29, 0.717) is 12.1 Å². The van der Waals surface area contributed by atoms with Gasteiger partial charge in [-0.15, -0.1) is 0 Å². The largest absolute Gasteiger partial charge is 0.357 e. The first-order valence-corrected chi connectivity index (χ1v) is 10.4. The molecule has 2 N–H and O–H groups in total. The number of fused-ring (bicyclic) bond motifs is 3. The molecule has 1 aliphatic rings. The number of aromatic nitrogens is 3. The molecule has 1 unspecified atom stereocenters. The van der Waals surface area contributed by atoms with Crippen LogP contribution in [-0.2, 0) is 6.42 Å². The van der Waals surface area contributed by atoms with Crippen LogP contribution in [0.15, 0.2) is 60.9 Å². The molecule has 2 heterocycles. The van der Waals surface area contributed by atoms with Crippen molar-refractivity contribution in [2.45, 2.75) is 45.2 Å². The van der Waals surface area contributed by atoms with Crippen molar-refractivity contribution in [1.82, 2.24) is 20.3 Å². The summed E-state index contributed by atoms with van der Waals surface area (Å²) in [5, 5.41) is 5.18. The van der Waals surface area contributed by atoms with Gasteiger partial charge in [0.25, 0.3) is 0 Å². The summed E-state index contributed by atoms with van der Waals surface area (Å²) in [5.41, 5.74) is 7.60. The monoisotopic (exact) mass is 382 g/mol. The van der Waals surface area contributed by atoms with Gasteiger partial charge in [0.15, 0.2) is 0 Å². The van der Waals surface area contributed by atoms with Crippen molar-refractivity contribution >= 4 is 10.9 Å². The van der Waals surface area contributed by atoms with Crippen molar-refractivity contribution in [3.05, 3.63) is 83.6 Å². The van der Waals surface area contributed by atoms with Crippen LogP contribution in [-0.4, -0.2) is 15.0 Å². The first-order valence-electron chi connectivity index (χ1n) is 10.4. The Morgan fingerprint density at radius 1 is 1.03 bits per heavy atom. The Hall–Kier alpha value is -2.98. The van der Waals surface area contributed by atoms with E-state index in [1.165, 1.54) is 39.7 Å². The molecule has 4 heteroatoms. The molecule has 4 nitrogen and oxygen atoms in total. The van der Waals surface area contributed by atoms with Crippen LogP contribution >= 0.6 is 0 Å². The van der Waals surface area contributed by atoms with Crippen molar-refractivity contribution in [2.75, 3.05) is 0 Å². The Balaban J connectivity index is 1.49. The van der Waals surface area contributed by atoms with E-state index in [0.717, 1.165) is 24.2 Å². The second kappa shape index (κ2) is 7.45. The molecule has 0 saturated heterocycles. The molecule has 2 atom stereocenters. The summed E-state index contributed by atoms with van der Waals surface area (Å²) in [7, 11) is 0. The lowest BCUT2D eigenvalue weighted by atomic mass is 9.90. The molecule has 29 heavy (non-hydrogen) atoms. The van der Waals surface area contributed by atoms with Crippen LogP contribution in [0.3, 0.4) is 0 Å². The van der Waals surface area contributed by atoms with Crippen LogP contribution in [0, 0.1) is 6.92 Å². The minimum atomic E-state index is 0.318. The topological polar surface area (TPSA) is 53.6 Å². The Bertz CT molecular complexity index is 1130. The van der Waals surface area contributed by atoms with E-state index in [1.54, 1.807) is 0 Å². The lowest BCUT2D eigenvalue weighted by Crippen LogP contribution is -2.27. The molecule has 146 valence electrons. The van der Waals surface area contributed by atoms with Gasteiger partial charge in [0, 0.05) is 46.6 Å². The summed E-state index contributed by atoms with van der Waals surface area (Å²) in [5.74, 6) is 0.801. The molecular formula is C25H26N4. The fourth-order valence-electron chi connectivity index (χ4n) is 4.49. The predicted molar refractivity (Wildman–Crippen MR) is 118 cm³/mol. The maximum absolute atomic E-state index is 4.36. The first-order chi connectivity index (χ1) is 14.2. The minimum absolute atomic E-state index is 0.318. The van der Waals surface area contributed by atoms with E-state index in [4.69, 9.17) is 0 Å². The Labute approximate surface area is 171 Å². The lowest BCUT2D eigenvalue weighted by molar-refractivity contribution is 0.410. The fraction of sp³-hybridized carbons (Fsp3) is 0.280. The molecule has 2 aromatic heterocycles. The number of aryl methyl sites for hydroxylation is 2. The Morgan fingerprint density at radius 3 is 2.62 bits per heavy atom. The number of nitrogens with one attached hydrogen (secondary N) is 2. The highest BCUT2D eigenvalue weighted by molar-refractivity contribution is 5.89. The number of H-pyrrole nitrogens is 1. The summed E-state index contributed by atoms with van der Waals surface area (Å²) in [6.45, 7) is 4.17. The fourth-order valence-corrected chi connectivity index (χ4v) is 4.49. The normalized spacial score (nSPS) is 17.2. The third-order valence-corrected chi connectivity index (χ3v) is 6.07. The van der Waals surface area contributed by atoms with E-state index < -0.39 is 0 Å². The first kappa shape index (κ1) is 18.1. The van der Waals surface area contributed by atoms with Crippen LogP contribution in [0.2, 0.25) is 0 Å². The van der Waals surface area contributed by atoms with Gasteiger partial charge in [-0.25, -0.2) is 9.97 Å². The molecule has 0 fully saturated rings. The lowest BCUT2D eigenvalue weighted by Gasteiger charge is -2.27. The van der Waals surface area contributed by atoms with E-state index in [2.05, 4.69) is 75.7 Å². The van der Waals surface area contributed by atoms with Gasteiger partial charge < -0.3 is 10.3 Å². The molecule has 0 aliphatic heterocycles. The molecule has 0 bridgehead atoms. The van der Waals surface area contributed by atoms with Crippen LogP contribution in [0.25, 0.3) is 22.0 Å². The predicted octanol–water partition coefficient (Wildman–Crippen LogP) is 5.66. The van der Waals surface area contributed by atoms with Gasteiger partial charge in [0.1, 0.15) is 5.82 Å². The molecule has 0 spiro atoms. The van der Waals surface area contributed by atoms with Crippen LogP contribution in [0.4, 0.5) is 0 Å². The second-order valence-electron chi connectivity index (χ2n) is 8.04. The number of nitrogens with zero attached hydrogens (tertiary/aromatic N) is 2. The third kappa shape index (κ3) is 3.45. The van der Waals surface area contributed by atoms with E-state index in [-0.39, 0.29) is 0 Å². The molecule has 5 rings (SSSR count). The van der Waals surface area contributed by atoms with Gasteiger partial charge in [0.2, 0.25) is 0 Å². The molecule has 0 saturated carbocycles. The number of hydrogen-bond acceptors (Lipinski definition) is 3. The zero-order valence-electron chi connectivity index (χ0n) is 16.9. The van der Waals surface area contributed by atoms with Crippen LogP contribution in [0.1, 0.15) is 54.5 Å². The second-order valence-corrected chi connectivity index (χ2v) is 8.04. The quantitative estimate of drug-likeness (QED) is 0.479. The summed E-state index contributed by atoms with van der Waals surface area (Å²) in [4.78, 5) is 12.4. The van der Waals surface area contributed by atoms with Gasteiger partial charge in [-0.05, 0) is 61.9 Å². The summed E-state index contributed by atoms with van der Waals surface area (Å²) in [6, 6.07) is 18.0. The van der Waals surface area contributed by atoms with E-state index in [9.17, 15) is 0 Å². The number of aromatic amines is 1. The summed E-state index contributed by atoms with van der Waals surface area (Å²) >= 11 is 0. The maximum Gasteiger partial charge on any atom is 0.125 e. The zero-order valence-corrected chi connectivity index (χ0v) is 16.9. The average molecular weight is 383 g/mol. The maximum atomic E-state index is 4.36. The molecule has 1 aliphatic carbocycles. The molecule has 4 aromatic rings. The molecule has 0 radical (unpaired) electrons. The number of rotatable bonds is 4. The van der Waals surface area contributed by atoms with Crippen LogP contribution in [0.5, 0.6) is 0 Å². The van der Waals surface area contributed by atoms with Crippen molar-refractivity contribution < 1.29 is 0 Å². The van der Waals surface area contributed by atoms with Gasteiger partial charge in [-0.3, -0.25) is 0 Å². The SMILES string of the molecule is Cc1ncc(-c2ccc3[nH]c4c(c3c2)CCCC4N[C@@H](C)c2ccccc2)cn1. The summed E-state index contributed by atoms with van der Waals surface area (Å²) in [6.07, 6.45) is 7.32. The van der Waals surface area contributed by atoms with Gasteiger partial charge in [-0.1, -0.05) is 36.4 Å².